The Morgan fingerprint density at radius 1 is 1.21 bits per heavy atom. The molecule has 2 heterocycles. The molecule has 1 aromatic carbocycles. The van der Waals surface area contributed by atoms with Crippen molar-refractivity contribution in [2.75, 3.05) is 10.0 Å². The molecule has 3 amide bonds. The highest BCUT2D eigenvalue weighted by Crippen LogP contribution is 2.41. The van der Waals surface area contributed by atoms with E-state index < -0.39 is 22.0 Å². The maximum Gasteiger partial charge on any atom is 0.317 e. The molecule has 3 rings (SSSR count). The molecule has 0 saturated heterocycles. The van der Waals surface area contributed by atoms with Crippen LogP contribution in [0.4, 0.5) is 15.5 Å². The molecular weight excluding hydrogens is 404 g/mol. The van der Waals surface area contributed by atoms with Crippen molar-refractivity contribution in [1.82, 2.24) is 0 Å². The number of fused-ring (bicyclic) bond motifs is 1. The fourth-order valence-corrected chi connectivity index (χ4v) is 5.10. The Bertz CT molecular complexity index is 1160. The topological polar surface area (TPSA) is 158 Å². The quantitative estimate of drug-likeness (QED) is 0.480. The third kappa shape index (κ3) is 3.66. The molecule has 0 radical (unpaired) electrons. The van der Waals surface area contributed by atoms with Crippen LogP contribution in [0.15, 0.2) is 40.0 Å². The van der Waals surface area contributed by atoms with Gasteiger partial charge in [-0.05, 0) is 35.7 Å². The van der Waals surface area contributed by atoms with Gasteiger partial charge in [0.1, 0.15) is 5.00 Å². The first kappa shape index (κ1) is 19.7. The monoisotopic (exact) mass is 422 g/mol. The molecule has 0 atom stereocenters. The van der Waals surface area contributed by atoms with Crippen molar-refractivity contribution >= 4 is 54.1 Å². The van der Waals surface area contributed by atoms with E-state index in [2.05, 4.69) is 10.0 Å². The highest BCUT2D eigenvalue weighted by atomic mass is 32.2. The Balaban J connectivity index is 2.22. The van der Waals surface area contributed by atoms with E-state index in [1.54, 1.807) is 6.07 Å². The van der Waals surface area contributed by atoms with Crippen LogP contribution in [-0.2, 0) is 10.0 Å². The average molecular weight is 422 g/mol. The molecule has 9 nitrogen and oxygen atoms in total. The highest BCUT2D eigenvalue weighted by molar-refractivity contribution is 7.92. The van der Waals surface area contributed by atoms with Gasteiger partial charge in [0.2, 0.25) is 5.09 Å². The van der Waals surface area contributed by atoms with Crippen LogP contribution in [0.2, 0.25) is 0 Å². The smallest absolute Gasteiger partial charge is 0.317 e. The lowest BCUT2D eigenvalue weighted by molar-refractivity contribution is 0.100. The molecule has 6 N–H and O–H groups in total. The van der Waals surface area contributed by atoms with Crippen LogP contribution in [0.5, 0.6) is 0 Å². The standard InChI is InChI=1S/C17H18N4O5S2/c1-8(2)10-6-9(21-28(24,25)12-4-3-5-26-12)7-11-13(15(18)22)16(20-17(19)23)27-14(10)11/h3-8,21H,1-2H3,(H2,18,22)(H3,19,20,23). The molecule has 0 unspecified atom stereocenters. The van der Waals surface area contributed by atoms with Crippen LogP contribution in [0.3, 0.4) is 0 Å². The maximum atomic E-state index is 12.5. The molecule has 2 aromatic heterocycles. The number of carbonyl (C=O) groups is 2. The van der Waals surface area contributed by atoms with Crippen LogP contribution in [-0.4, -0.2) is 20.4 Å². The Hall–Kier alpha value is -3.05. The van der Waals surface area contributed by atoms with Crippen LogP contribution in [0.1, 0.15) is 35.7 Å². The lowest BCUT2D eigenvalue weighted by Gasteiger charge is -2.12. The summed E-state index contributed by atoms with van der Waals surface area (Å²) in [5, 5.41) is 2.79. The Morgan fingerprint density at radius 2 is 1.93 bits per heavy atom. The summed E-state index contributed by atoms with van der Waals surface area (Å²) in [6.45, 7) is 3.84. The van der Waals surface area contributed by atoms with Crippen molar-refractivity contribution < 1.29 is 22.4 Å². The molecule has 0 spiro atoms. The minimum atomic E-state index is -3.95. The third-order valence-electron chi connectivity index (χ3n) is 3.94. The molecule has 0 fully saturated rings. The summed E-state index contributed by atoms with van der Waals surface area (Å²) < 4.78 is 33.1. The van der Waals surface area contributed by atoms with Crippen LogP contribution in [0.25, 0.3) is 10.1 Å². The number of furan rings is 1. The van der Waals surface area contributed by atoms with E-state index in [0.717, 1.165) is 16.9 Å². The minimum Gasteiger partial charge on any atom is -0.451 e. The summed E-state index contributed by atoms with van der Waals surface area (Å²) in [5.74, 6) is -0.771. The summed E-state index contributed by atoms with van der Waals surface area (Å²) in [7, 11) is -3.95. The van der Waals surface area contributed by atoms with Crippen LogP contribution in [0, 0.1) is 0 Å². The van der Waals surface area contributed by atoms with Gasteiger partial charge in [0.15, 0.2) is 0 Å². The minimum absolute atomic E-state index is 0.00336. The zero-order chi connectivity index (χ0) is 20.6. The lowest BCUT2D eigenvalue weighted by atomic mass is 9.99. The summed E-state index contributed by atoms with van der Waals surface area (Å²) in [6, 6.07) is 5.11. The third-order valence-corrected chi connectivity index (χ3v) is 6.37. The predicted octanol–water partition coefficient (Wildman–Crippen LogP) is 3.01. The normalized spacial score (nSPS) is 11.7. The molecule has 0 aliphatic rings. The van der Waals surface area contributed by atoms with Gasteiger partial charge in [0.25, 0.3) is 15.9 Å². The largest absolute Gasteiger partial charge is 0.451 e. The highest BCUT2D eigenvalue weighted by Gasteiger charge is 2.24. The molecule has 0 aliphatic carbocycles. The van der Waals surface area contributed by atoms with Crippen LogP contribution < -0.4 is 21.5 Å². The van der Waals surface area contributed by atoms with Gasteiger partial charge < -0.3 is 15.9 Å². The molecule has 0 aliphatic heterocycles. The number of carbonyl (C=O) groups excluding carboxylic acids is 2. The van der Waals surface area contributed by atoms with Crippen molar-refractivity contribution in [3.8, 4) is 0 Å². The van der Waals surface area contributed by atoms with Gasteiger partial charge in [-0.25, -0.2) is 4.79 Å². The number of anilines is 2. The first-order valence-electron chi connectivity index (χ1n) is 8.13. The maximum absolute atomic E-state index is 12.5. The molecule has 148 valence electrons. The number of nitrogens with two attached hydrogens (primary N) is 2. The summed E-state index contributed by atoms with van der Waals surface area (Å²) in [4.78, 5) is 23.3. The van der Waals surface area contributed by atoms with Gasteiger partial charge in [0, 0.05) is 15.8 Å². The average Bonchev–Trinajstić information content (AvgIpc) is 3.20. The summed E-state index contributed by atoms with van der Waals surface area (Å²) in [5.41, 5.74) is 11.8. The van der Waals surface area contributed by atoms with E-state index in [-0.39, 0.29) is 27.3 Å². The van der Waals surface area contributed by atoms with E-state index >= 15 is 0 Å². The Labute approximate surface area is 164 Å². The number of benzene rings is 1. The lowest BCUT2D eigenvalue weighted by Crippen LogP contribution is -2.21. The molecule has 3 aromatic rings. The molecule has 0 saturated carbocycles. The number of hydrogen-bond acceptors (Lipinski definition) is 6. The second-order valence-electron chi connectivity index (χ2n) is 6.29. The number of nitrogens with one attached hydrogen (secondary N) is 2. The fraction of sp³-hybridized carbons (Fsp3) is 0.176. The van der Waals surface area contributed by atoms with Gasteiger partial charge in [-0.1, -0.05) is 13.8 Å². The molecule has 11 heteroatoms. The number of sulfonamides is 1. The Kier molecular flexibility index (Phi) is 5.04. The van der Waals surface area contributed by atoms with Crippen molar-refractivity contribution in [1.29, 1.82) is 0 Å². The van der Waals surface area contributed by atoms with E-state index in [1.165, 1.54) is 24.5 Å². The number of thiophene rings is 1. The predicted molar refractivity (Wildman–Crippen MR) is 107 cm³/mol. The Morgan fingerprint density at radius 3 is 2.46 bits per heavy atom. The number of rotatable bonds is 6. The van der Waals surface area contributed by atoms with Gasteiger partial charge in [-0.15, -0.1) is 11.3 Å². The van der Waals surface area contributed by atoms with E-state index in [9.17, 15) is 18.0 Å². The molecule has 28 heavy (non-hydrogen) atoms. The van der Waals surface area contributed by atoms with E-state index in [4.69, 9.17) is 15.9 Å². The first-order chi connectivity index (χ1) is 13.1. The van der Waals surface area contributed by atoms with Gasteiger partial charge in [0.05, 0.1) is 11.8 Å². The summed E-state index contributed by atoms with van der Waals surface area (Å²) >= 11 is 1.15. The second-order valence-corrected chi connectivity index (χ2v) is 8.93. The van der Waals surface area contributed by atoms with E-state index in [0.29, 0.717) is 10.1 Å². The zero-order valence-corrected chi connectivity index (χ0v) is 16.6. The zero-order valence-electron chi connectivity index (χ0n) is 15.0. The van der Waals surface area contributed by atoms with Crippen molar-refractivity contribution in [2.24, 2.45) is 11.5 Å². The van der Waals surface area contributed by atoms with Gasteiger partial charge in [-0.3, -0.25) is 14.8 Å². The number of hydrogen-bond donors (Lipinski definition) is 4. The summed E-state index contributed by atoms with van der Waals surface area (Å²) in [6.07, 6.45) is 1.25. The van der Waals surface area contributed by atoms with Crippen LogP contribution >= 0.6 is 11.3 Å². The SMILES string of the molecule is CC(C)c1cc(NS(=O)(=O)c2ccco2)cc2c(C(N)=O)c(NC(N)=O)sc12. The van der Waals surface area contributed by atoms with E-state index in [1.807, 2.05) is 13.8 Å². The number of amides is 3. The van der Waals surface area contributed by atoms with Crippen molar-refractivity contribution in [3.05, 3.63) is 41.7 Å². The number of primary amides is 2. The second kappa shape index (κ2) is 7.17. The van der Waals surface area contributed by atoms with Gasteiger partial charge >= 0.3 is 6.03 Å². The first-order valence-corrected chi connectivity index (χ1v) is 10.4. The molecular formula is C17H18N4O5S2. The van der Waals surface area contributed by atoms with Crippen molar-refractivity contribution in [2.45, 2.75) is 24.9 Å². The fourth-order valence-electron chi connectivity index (χ4n) is 2.78. The molecule has 0 bridgehead atoms. The van der Waals surface area contributed by atoms with Crippen molar-refractivity contribution in [3.63, 3.8) is 0 Å². The van der Waals surface area contributed by atoms with Gasteiger partial charge in [-0.2, -0.15) is 8.42 Å². The number of urea groups is 1.